The molecular formula is C26H37NO9S2. The van der Waals surface area contributed by atoms with Gasteiger partial charge in [0.15, 0.2) is 17.3 Å². The highest BCUT2D eigenvalue weighted by molar-refractivity contribution is 7.85. The summed E-state index contributed by atoms with van der Waals surface area (Å²) in [5.74, 6) is 2.38. The van der Waals surface area contributed by atoms with Crippen molar-refractivity contribution >= 4 is 26.0 Å². The lowest BCUT2D eigenvalue weighted by Gasteiger charge is -2.32. The summed E-state index contributed by atoms with van der Waals surface area (Å²) < 4.78 is 62.5. The van der Waals surface area contributed by atoms with Crippen LogP contribution >= 0.6 is 0 Å². The number of piperidine rings is 1. The normalized spacial score (nSPS) is 17.9. The van der Waals surface area contributed by atoms with Gasteiger partial charge < -0.3 is 9.47 Å². The van der Waals surface area contributed by atoms with Crippen LogP contribution in [0.25, 0.3) is 0 Å². The maximum atomic E-state index is 12.9. The third kappa shape index (κ3) is 11.5. The van der Waals surface area contributed by atoms with Gasteiger partial charge in [-0.2, -0.15) is 16.8 Å². The van der Waals surface area contributed by atoms with Crippen LogP contribution in [0.4, 0.5) is 0 Å². The van der Waals surface area contributed by atoms with Gasteiger partial charge in [-0.1, -0.05) is 30.3 Å². The predicted octanol–water partition coefficient (Wildman–Crippen LogP) is 3.37. The molecule has 1 fully saturated rings. The van der Waals surface area contributed by atoms with Gasteiger partial charge in [-0.25, -0.2) is 0 Å². The number of hydrogen-bond donors (Lipinski definition) is 2. The number of rotatable bonds is 6. The van der Waals surface area contributed by atoms with Gasteiger partial charge in [0.05, 0.1) is 26.7 Å². The predicted molar refractivity (Wildman–Crippen MR) is 145 cm³/mol. The highest BCUT2D eigenvalue weighted by atomic mass is 32.2. The molecule has 1 atom stereocenters. The average molecular weight is 572 g/mol. The topological polar surface area (TPSA) is 148 Å². The van der Waals surface area contributed by atoms with Crippen LogP contribution in [0.1, 0.15) is 40.7 Å². The number of nitrogens with zero attached hydrogens (tertiary/aromatic N) is 1. The second-order valence-corrected chi connectivity index (χ2v) is 12.5. The van der Waals surface area contributed by atoms with E-state index in [9.17, 15) is 21.6 Å². The molecule has 1 heterocycles. The molecule has 12 heteroatoms. The second-order valence-electron chi connectivity index (χ2n) is 9.54. The summed E-state index contributed by atoms with van der Waals surface area (Å²) in [5.41, 5.74) is 3.31. The van der Waals surface area contributed by atoms with Crippen molar-refractivity contribution in [2.45, 2.75) is 32.2 Å². The maximum Gasteiger partial charge on any atom is 0.261 e. The lowest BCUT2D eigenvalue weighted by atomic mass is 9.85. The molecule has 0 bridgehead atoms. The van der Waals surface area contributed by atoms with Crippen LogP contribution in [-0.4, -0.2) is 76.4 Å². The number of fused-ring (bicyclic) bond motifs is 1. The number of benzene rings is 2. The summed E-state index contributed by atoms with van der Waals surface area (Å²) in [6.45, 7) is 3.27. The quantitative estimate of drug-likeness (QED) is 0.495. The van der Waals surface area contributed by atoms with E-state index in [1.807, 2.05) is 12.1 Å². The van der Waals surface area contributed by atoms with Crippen LogP contribution in [0.5, 0.6) is 11.5 Å². The number of Topliss-reactive ketones (excluding diaryl/α,β-unsaturated/α-hetero) is 1. The summed E-state index contributed by atoms with van der Waals surface area (Å²) in [4.78, 5) is 15.5. The summed E-state index contributed by atoms with van der Waals surface area (Å²) >= 11 is 0. The summed E-state index contributed by atoms with van der Waals surface area (Å²) in [7, 11) is -4.08. The molecule has 212 valence electrons. The van der Waals surface area contributed by atoms with E-state index >= 15 is 0 Å². The molecule has 0 radical (unpaired) electrons. The van der Waals surface area contributed by atoms with Gasteiger partial charge in [0.25, 0.3) is 20.2 Å². The van der Waals surface area contributed by atoms with Crippen molar-refractivity contribution in [2.24, 2.45) is 11.8 Å². The zero-order valence-corrected chi connectivity index (χ0v) is 23.8. The molecule has 2 N–H and O–H groups in total. The minimum absolute atomic E-state index is 0.109. The number of ether oxygens (including phenoxy) is 2. The monoisotopic (exact) mass is 571 g/mol. The van der Waals surface area contributed by atoms with Crippen LogP contribution < -0.4 is 9.47 Å². The van der Waals surface area contributed by atoms with E-state index < -0.39 is 20.2 Å². The molecular weight excluding hydrogens is 534 g/mol. The first-order valence-corrected chi connectivity index (χ1v) is 15.8. The number of carbonyl (C=O) groups excluding carboxylic acids is 1. The molecule has 4 rings (SSSR count). The van der Waals surface area contributed by atoms with Crippen LogP contribution in [0.15, 0.2) is 42.5 Å². The first kappa shape index (κ1) is 31.7. The standard InChI is InChI=1S/C24H29NO3.2CH4O3S/c1-27-22-14-19-13-20(24(26)21(19)15-23(22)28-2)12-17-8-10-25(11-9-17)16-18-6-4-3-5-7-18;2*1-5(2,3)4/h3-7,14-15,17,20H,8-13,16H2,1-2H3;2*1H3,(H,2,3,4). The van der Waals surface area contributed by atoms with Gasteiger partial charge >= 0.3 is 0 Å². The first-order chi connectivity index (χ1) is 17.7. The number of ketones is 1. The molecule has 1 unspecified atom stereocenters. The molecule has 0 saturated carbocycles. The Morgan fingerprint density at radius 3 is 1.89 bits per heavy atom. The molecule has 0 amide bonds. The van der Waals surface area contributed by atoms with Gasteiger partial charge in [-0.05, 0) is 68.0 Å². The molecule has 38 heavy (non-hydrogen) atoms. The van der Waals surface area contributed by atoms with Crippen molar-refractivity contribution < 1.29 is 40.2 Å². The van der Waals surface area contributed by atoms with E-state index in [0.29, 0.717) is 29.9 Å². The highest BCUT2D eigenvalue weighted by Crippen LogP contribution is 2.39. The SMILES string of the molecule is COc1cc2c(cc1OC)C(=O)C(CC1CCN(Cc3ccccc3)CC1)C2.CS(=O)(=O)O.CS(=O)(=O)O. The largest absolute Gasteiger partial charge is 0.493 e. The molecule has 1 aliphatic carbocycles. The number of carbonyl (C=O) groups is 1. The fourth-order valence-electron chi connectivity index (χ4n) is 4.71. The summed E-state index contributed by atoms with van der Waals surface area (Å²) in [5, 5.41) is 0. The summed E-state index contributed by atoms with van der Waals surface area (Å²) in [6.07, 6.45) is 5.62. The Hall–Kier alpha value is -2.51. The van der Waals surface area contributed by atoms with Gasteiger partial charge in [-0.3, -0.25) is 18.8 Å². The number of methoxy groups -OCH3 is 2. The Balaban J connectivity index is 0.000000435. The second kappa shape index (κ2) is 14.0. The van der Waals surface area contributed by atoms with E-state index in [1.54, 1.807) is 14.2 Å². The van der Waals surface area contributed by atoms with Gasteiger partial charge in [0.1, 0.15) is 0 Å². The van der Waals surface area contributed by atoms with Crippen molar-refractivity contribution in [3.63, 3.8) is 0 Å². The van der Waals surface area contributed by atoms with E-state index in [2.05, 4.69) is 35.2 Å². The van der Waals surface area contributed by atoms with Crippen molar-refractivity contribution in [2.75, 3.05) is 39.8 Å². The Morgan fingerprint density at radius 1 is 0.895 bits per heavy atom. The zero-order valence-electron chi connectivity index (χ0n) is 22.2. The lowest BCUT2D eigenvalue weighted by molar-refractivity contribution is 0.0895. The lowest BCUT2D eigenvalue weighted by Crippen LogP contribution is -2.34. The fraction of sp³-hybridized carbons (Fsp3) is 0.500. The zero-order chi connectivity index (χ0) is 28.5. The first-order valence-electron chi connectivity index (χ1n) is 12.1. The Bertz CT molecular complexity index is 1230. The minimum atomic E-state index is -3.67. The van der Waals surface area contributed by atoms with Gasteiger partial charge in [-0.15, -0.1) is 0 Å². The van der Waals surface area contributed by atoms with Crippen LogP contribution in [0.2, 0.25) is 0 Å². The highest BCUT2D eigenvalue weighted by Gasteiger charge is 2.34. The number of hydrogen-bond acceptors (Lipinski definition) is 8. The van der Waals surface area contributed by atoms with Crippen LogP contribution in [0, 0.1) is 11.8 Å². The van der Waals surface area contributed by atoms with Crippen LogP contribution in [-0.2, 0) is 33.2 Å². The van der Waals surface area contributed by atoms with E-state index in [1.165, 1.54) is 18.4 Å². The molecule has 1 saturated heterocycles. The van der Waals surface area contributed by atoms with Crippen molar-refractivity contribution in [1.82, 2.24) is 4.90 Å². The molecule has 2 aromatic carbocycles. The third-order valence-electron chi connectivity index (χ3n) is 6.29. The molecule has 0 spiro atoms. The third-order valence-corrected chi connectivity index (χ3v) is 6.29. The van der Waals surface area contributed by atoms with Crippen molar-refractivity contribution in [3.05, 3.63) is 59.2 Å². The molecule has 1 aliphatic heterocycles. The average Bonchev–Trinajstić information content (AvgIpc) is 3.12. The Kier molecular flexibility index (Phi) is 11.7. The van der Waals surface area contributed by atoms with Gasteiger partial charge in [0.2, 0.25) is 0 Å². The molecule has 2 aromatic rings. The van der Waals surface area contributed by atoms with E-state index in [4.69, 9.17) is 18.6 Å². The van der Waals surface area contributed by atoms with Crippen molar-refractivity contribution in [1.29, 1.82) is 0 Å². The molecule has 0 aromatic heterocycles. The molecule has 10 nitrogen and oxygen atoms in total. The molecule has 2 aliphatic rings. The van der Waals surface area contributed by atoms with Crippen molar-refractivity contribution in [3.8, 4) is 11.5 Å². The number of likely N-dealkylation sites (tertiary alicyclic amines) is 1. The minimum Gasteiger partial charge on any atom is -0.493 e. The Labute approximate surface area is 225 Å². The van der Waals surface area contributed by atoms with Gasteiger partial charge in [0, 0.05) is 18.0 Å². The maximum absolute atomic E-state index is 12.9. The van der Waals surface area contributed by atoms with E-state index in [-0.39, 0.29) is 11.7 Å². The summed E-state index contributed by atoms with van der Waals surface area (Å²) in [6, 6.07) is 14.5. The fourth-order valence-corrected chi connectivity index (χ4v) is 4.71. The Morgan fingerprint density at radius 2 is 1.39 bits per heavy atom. The smallest absolute Gasteiger partial charge is 0.261 e. The van der Waals surface area contributed by atoms with Crippen LogP contribution in [0.3, 0.4) is 0 Å². The van der Waals surface area contributed by atoms with E-state index in [0.717, 1.165) is 43.6 Å².